The van der Waals surface area contributed by atoms with E-state index in [9.17, 15) is 5.11 Å². The molecule has 1 saturated heterocycles. The van der Waals surface area contributed by atoms with Crippen LogP contribution in [0.15, 0.2) is 24.3 Å². The van der Waals surface area contributed by atoms with Gasteiger partial charge in [-0.3, -0.25) is 4.90 Å². The van der Waals surface area contributed by atoms with Crippen LogP contribution < -0.4 is 5.73 Å². The first-order valence-electron chi connectivity index (χ1n) is 6.97. The predicted octanol–water partition coefficient (Wildman–Crippen LogP) is 1.75. The molecule has 20 heavy (non-hydrogen) atoms. The maximum atomic E-state index is 9.66. The number of nitrogens with two attached hydrogens (primary N) is 1. The smallest absolute Gasteiger partial charge is 0.115 e. The van der Waals surface area contributed by atoms with E-state index in [2.05, 4.69) is 23.9 Å². The van der Waals surface area contributed by atoms with Crippen molar-refractivity contribution >= 4 is 17.2 Å². The van der Waals surface area contributed by atoms with Crippen LogP contribution in [-0.4, -0.2) is 53.1 Å². The molecule has 1 fully saturated rings. The minimum absolute atomic E-state index is 0.120. The fraction of sp³-hybridized carbons (Fsp3) is 0.533. The minimum atomic E-state index is -0.120. The van der Waals surface area contributed by atoms with Gasteiger partial charge in [0, 0.05) is 6.04 Å². The van der Waals surface area contributed by atoms with Gasteiger partial charge in [0.25, 0.3) is 0 Å². The summed E-state index contributed by atoms with van der Waals surface area (Å²) in [5.74, 6) is 0.250. The molecule has 0 aliphatic carbocycles. The normalized spacial score (nSPS) is 19.1. The molecule has 110 valence electrons. The van der Waals surface area contributed by atoms with Crippen LogP contribution in [0, 0.1) is 0 Å². The van der Waals surface area contributed by atoms with Gasteiger partial charge in [0.05, 0.1) is 11.0 Å². The lowest BCUT2D eigenvalue weighted by molar-refractivity contribution is 0.130. The standard InChI is InChI=1S/C15H23N3OS/c1-17-8-6-12(7-9-17)18(2)14(15(16)20)11-4-3-5-13(19)10-11/h3-5,10,12,14,19H,6-9H2,1-2H3,(H2,16,20). The molecule has 0 aromatic heterocycles. The van der Waals surface area contributed by atoms with Gasteiger partial charge in [0.15, 0.2) is 0 Å². The number of aromatic hydroxyl groups is 1. The number of thiocarbonyl (C=S) groups is 1. The topological polar surface area (TPSA) is 52.7 Å². The molecule has 1 aromatic carbocycles. The summed E-state index contributed by atoms with van der Waals surface area (Å²) in [5.41, 5.74) is 6.91. The van der Waals surface area contributed by atoms with E-state index < -0.39 is 0 Å². The second-order valence-electron chi connectivity index (χ2n) is 5.60. The van der Waals surface area contributed by atoms with Crippen molar-refractivity contribution in [2.75, 3.05) is 27.2 Å². The van der Waals surface area contributed by atoms with Crippen LogP contribution in [0.5, 0.6) is 5.75 Å². The molecule has 0 saturated carbocycles. The molecular formula is C15H23N3OS. The minimum Gasteiger partial charge on any atom is -0.508 e. The van der Waals surface area contributed by atoms with E-state index in [1.165, 1.54) is 0 Å². The summed E-state index contributed by atoms with van der Waals surface area (Å²) in [4.78, 5) is 5.05. The van der Waals surface area contributed by atoms with Crippen LogP contribution >= 0.6 is 12.2 Å². The van der Waals surface area contributed by atoms with E-state index >= 15 is 0 Å². The average molecular weight is 293 g/mol. The number of likely N-dealkylation sites (tertiary alicyclic amines) is 1. The first-order valence-corrected chi connectivity index (χ1v) is 7.38. The Balaban J connectivity index is 2.18. The highest BCUT2D eigenvalue weighted by molar-refractivity contribution is 7.80. The Hall–Kier alpha value is -1.17. The molecule has 1 unspecified atom stereocenters. The molecule has 3 N–H and O–H groups in total. The van der Waals surface area contributed by atoms with Crippen LogP contribution in [-0.2, 0) is 0 Å². The number of likely N-dealkylation sites (N-methyl/N-ethyl adjacent to an activating group) is 1. The molecule has 1 aliphatic heterocycles. The summed E-state index contributed by atoms with van der Waals surface area (Å²) >= 11 is 5.26. The lowest BCUT2D eigenvalue weighted by Gasteiger charge is -2.39. The van der Waals surface area contributed by atoms with E-state index in [4.69, 9.17) is 18.0 Å². The number of nitrogens with zero attached hydrogens (tertiary/aromatic N) is 2. The monoisotopic (exact) mass is 293 g/mol. The highest BCUT2D eigenvalue weighted by Crippen LogP contribution is 2.28. The van der Waals surface area contributed by atoms with Crippen LogP contribution in [0.3, 0.4) is 0 Å². The fourth-order valence-corrected chi connectivity index (χ4v) is 3.21. The molecule has 1 heterocycles. The Morgan fingerprint density at radius 3 is 2.65 bits per heavy atom. The summed E-state index contributed by atoms with van der Waals surface area (Å²) in [7, 11) is 4.22. The molecule has 0 amide bonds. The SMILES string of the molecule is CN1CCC(N(C)C(C(N)=S)c2cccc(O)c2)CC1. The van der Waals surface area contributed by atoms with Gasteiger partial charge in [-0.2, -0.15) is 0 Å². The summed E-state index contributed by atoms with van der Waals surface area (Å²) in [6, 6.07) is 7.56. The first-order chi connectivity index (χ1) is 9.49. The zero-order valence-corrected chi connectivity index (χ0v) is 12.9. The van der Waals surface area contributed by atoms with Crippen molar-refractivity contribution in [1.82, 2.24) is 9.80 Å². The molecule has 4 nitrogen and oxygen atoms in total. The lowest BCUT2D eigenvalue weighted by Crippen LogP contribution is -2.46. The second-order valence-corrected chi connectivity index (χ2v) is 6.07. The number of benzene rings is 1. The average Bonchev–Trinajstić information content (AvgIpc) is 2.39. The summed E-state index contributed by atoms with van der Waals surface area (Å²) in [6.45, 7) is 2.19. The fourth-order valence-electron chi connectivity index (χ4n) is 2.91. The van der Waals surface area contributed by atoms with Gasteiger partial charge in [0.1, 0.15) is 5.75 Å². The maximum absolute atomic E-state index is 9.66. The van der Waals surface area contributed by atoms with Gasteiger partial charge in [-0.05, 0) is 57.7 Å². The Morgan fingerprint density at radius 2 is 2.10 bits per heavy atom. The largest absolute Gasteiger partial charge is 0.508 e. The van der Waals surface area contributed by atoms with Crippen molar-refractivity contribution < 1.29 is 5.11 Å². The van der Waals surface area contributed by atoms with E-state index in [-0.39, 0.29) is 11.8 Å². The van der Waals surface area contributed by atoms with Gasteiger partial charge in [-0.25, -0.2) is 0 Å². The molecule has 0 bridgehead atoms. The second kappa shape index (κ2) is 6.52. The lowest BCUT2D eigenvalue weighted by atomic mass is 9.98. The number of hydrogen-bond donors (Lipinski definition) is 2. The van der Waals surface area contributed by atoms with Crippen LogP contribution in [0.4, 0.5) is 0 Å². The van der Waals surface area contributed by atoms with Gasteiger partial charge >= 0.3 is 0 Å². The summed E-state index contributed by atoms with van der Waals surface area (Å²) in [6.07, 6.45) is 2.23. The number of rotatable bonds is 4. The van der Waals surface area contributed by atoms with Crippen molar-refractivity contribution in [2.45, 2.75) is 24.9 Å². The van der Waals surface area contributed by atoms with E-state index in [1.807, 2.05) is 12.1 Å². The van der Waals surface area contributed by atoms with Crippen molar-refractivity contribution in [3.05, 3.63) is 29.8 Å². The van der Waals surface area contributed by atoms with E-state index in [1.54, 1.807) is 12.1 Å². The van der Waals surface area contributed by atoms with Crippen LogP contribution in [0.25, 0.3) is 0 Å². The van der Waals surface area contributed by atoms with Crippen molar-refractivity contribution in [2.24, 2.45) is 5.73 Å². The Kier molecular flexibility index (Phi) is 4.96. The molecule has 1 aliphatic rings. The van der Waals surface area contributed by atoms with Crippen molar-refractivity contribution in [3.63, 3.8) is 0 Å². The number of phenols is 1. The van der Waals surface area contributed by atoms with Crippen molar-refractivity contribution in [3.8, 4) is 5.75 Å². The molecule has 5 heteroatoms. The third kappa shape index (κ3) is 3.48. The number of piperidine rings is 1. The predicted molar refractivity (Wildman–Crippen MR) is 85.9 cm³/mol. The Bertz CT molecular complexity index is 472. The summed E-state index contributed by atoms with van der Waals surface area (Å²) in [5, 5.41) is 9.66. The van der Waals surface area contributed by atoms with Crippen LogP contribution in [0.1, 0.15) is 24.4 Å². The summed E-state index contributed by atoms with van der Waals surface area (Å²) < 4.78 is 0. The van der Waals surface area contributed by atoms with E-state index in [0.29, 0.717) is 11.0 Å². The van der Waals surface area contributed by atoms with Gasteiger partial charge in [-0.1, -0.05) is 24.4 Å². The third-order valence-electron chi connectivity index (χ3n) is 4.13. The van der Waals surface area contributed by atoms with Gasteiger partial charge in [-0.15, -0.1) is 0 Å². The Morgan fingerprint density at radius 1 is 1.45 bits per heavy atom. The van der Waals surface area contributed by atoms with Gasteiger partial charge < -0.3 is 15.7 Å². The number of phenolic OH excluding ortho intramolecular Hbond substituents is 1. The molecular weight excluding hydrogens is 270 g/mol. The highest BCUT2D eigenvalue weighted by atomic mass is 32.1. The maximum Gasteiger partial charge on any atom is 0.115 e. The molecule has 2 rings (SSSR count). The quantitative estimate of drug-likeness (QED) is 0.828. The molecule has 1 atom stereocenters. The van der Waals surface area contributed by atoms with E-state index in [0.717, 1.165) is 31.5 Å². The molecule has 1 aromatic rings. The number of hydrogen-bond acceptors (Lipinski definition) is 4. The van der Waals surface area contributed by atoms with Crippen molar-refractivity contribution in [1.29, 1.82) is 0 Å². The molecule has 0 spiro atoms. The Labute approximate surface area is 126 Å². The first kappa shape index (κ1) is 15.2. The van der Waals surface area contributed by atoms with Gasteiger partial charge in [0.2, 0.25) is 0 Å². The van der Waals surface area contributed by atoms with Crippen LogP contribution in [0.2, 0.25) is 0 Å². The third-order valence-corrected chi connectivity index (χ3v) is 4.35. The highest BCUT2D eigenvalue weighted by Gasteiger charge is 2.28. The zero-order valence-electron chi connectivity index (χ0n) is 12.1. The zero-order chi connectivity index (χ0) is 14.7. The molecule has 0 radical (unpaired) electrons.